The number of ether oxygens (including phenoxy) is 1. The van der Waals surface area contributed by atoms with Gasteiger partial charge in [0.25, 0.3) is 11.8 Å². The Kier molecular flexibility index (Phi) is 6.70. The van der Waals surface area contributed by atoms with Gasteiger partial charge in [-0.05, 0) is 79.8 Å². The van der Waals surface area contributed by atoms with Crippen LogP contribution in [0, 0.1) is 0 Å². The quantitative estimate of drug-likeness (QED) is 0.389. The number of benzene rings is 2. The van der Waals surface area contributed by atoms with Gasteiger partial charge in [0.15, 0.2) is 0 Å². The number of nitrogens with one attached hydrogen (secondary N) is 1. The van der Waals surface area contributed by atoms with E-state index in [1.54, 1.807) is 6.07 Å². The first-order valence-electron chi connectivity index (χ1n) is 11.5. The molecule has 0 aliphatic heterocycles. The molecule has 1 fully saturated rings. The third kappa shape index (κ3) is 5.03. The Balaban J connectivity index is 1.39. The molecule has 1 atom stereocenters. The first-order chi connectivity index (χ1) is 16.5. The van der Waals surface area contributed by atoms with Gasteiger partial charge < -0.3 is 10.1 Å². The number of carbonyl (C=O) groups excluding carboxylic acids is 1. The van der Waals surface area contributed by atoms with E-state index in [9.17, 15) is 9.18 Å². The van der Waals surface area contributed by atoms with Crippen LogP contribution in [-0.2, 0) is 12.8 Å². The highest BCUT2D eigenvalue weighted by atomic mass is 35.5. The Morgan fingerprint density at radius 1 is 1.12 bits per heavy atom. The summed E-state index contributed by atoms with van der Waals surface area (Å²) in [5.41, 5.74) is 3.44. The molecule has 34 heavy (non-hydrogen) atoms. The van der Waals surface area contributed by atoms with Crippen molar-refractivity contribution >= 4 is 29.1 Å². The lowest BCUT2D eigenvalue weighted by atomic mass is 9.92. The average molecular weight is 500 g/mol. The maximum absolute atomic E-state index is 14.9. The van der Waals surface area contributed by atoms with Crippen LogP contribution >= 0.6 is 23.2 Å². The molecule has 2 aliphatic rings. The summed E-state index contributed by atoms with van der Waals surface area (Å²) < 4.78 is 21.0. The molecular formula is C26H24Cl2FN3O2. The molecular weight excluding hydrogens is 476 g/mol. The first kappa shape index (κ1) is 23.1. The molecule has 1 N–H and O–H groups in total. The van der Waals surface area contributed by atoms with Crippen LogP contribution in [0.3, 0.4) is 0 Å². The fraction of sp³-hybridized carbons (Fsp3) is 0.346. The van der Waals surface area contributed by atoms with Crippen molar-refractivity contribution in [1.29, 1.82) is 0 Å². The van der Waals surface area contributed by atoms with Gasteiger partial charge in [-0.3, -0.25) is 4.79 Å². The van der Waals surface area contributed by atoms with Gasteiger partial charge in [0.2, 0.25) is 0 Å². The van der Waals surface area contributed by atoms with Gasteiger partial charge in [-0.15, -0.1) is 5.10 Å². The summed E-state index contributed by atoms with van der Waals surface area (Å²) in [6, 6.07) is 12.4. The molecule has 1 amide bonds. The highest BCUT2D eigenvalue weighted by Crippen LogP contribution is 2.41. The van der Waals surface area contributed by atoms with E-state index in [1.165, 1.54) is 30.5 Å². The molecule has 0 saturated heterocycles. The Bertz CT molecular complexity index is 1230. The van der Waals surface area contributed by atoms with Crippen molar-refractivity contribution in [2.75, 3.05) is 6.54 Å². The summed E-state index contributed by atoms with van der Waals surface area (Å²) in [5.74, 6) is 0.891. The highest BCUT2D eigenvalue weighted by Gasteiger charge is 2.27. The minimum atomic E-state index is -1.49. The molecule has 0 spiro atoms. The monoisotopic (exact) mass is 499 g/mol. The SMILES string of the molecule is O=C(NCC(F)c1ccc(Cl)cc1Cl)c1c(Oc2cccc(C3CC3)c2)nnc2c1CCCC2. The van der Waals surface area contributed by atoms with Gasteiger partial charge in [0, 0.05) is 15.6 Å². The van der Waals surface area contributed by atoms with Crippen LogP contribution in [0.1, 0.15) is 70.5 Å². The van der Waals surface area contributed by atoms with E-state index in [0.717, 1.165) is 30.5 Å². The zero-order valence-corrected chi connectivity index (χ0v) is 20.0. The zero-order chi connectivity index (χ0) is 23.7. The number of carbonyl (C=O) groups is 1. The minimum absolute atomic E-state index is 0.144. The Hall–Kier alpha value is -2.70. The second-order valence-corrected chi connectivity index (χ2v) is 9.65. The van der Waals surface area contributed by atoms with Gasteiger partial charge in [-0.2, -0.15) is 5.10 Å². The number of hydrogen-bond acceptors (Lipinski definition) is 4. The summed E-state index contributed by atoms with van der Waals surface area (Å²) in [7, 11) is 0. The van der Waals surface area contributed by atoms with E-state index in [-0.39, 0.29) is 23.0 Å². The minimum Gasteiger partial charge on any atom is -0.437 e. The predicted molar refractivity (Wildman–Crippen MR) is 130 cm³/mol. The number of amides is 1. The lowest BCUT2D eigenvalue weighted by Crippen LogP contribution is -2.30. The average Bonchev–Trinajstić information content (AvgIpc) is 3.68. The van der Waals surface area contributed by atoms with Crippen molar-refractivity contribution in [3.8, 4) is 11.6 Å². The maximum Gasteiger partial charge on any atom is 0.257 e. The second-order valence-electron chi connectivity index (χ2n) is 8.80. The maximum atomic E-state index is 14.9. The fourth-order valence-electron chi connectivity index (χ4n) is 4.36. The smallest absolute Gasteiger partial charge is 0.257 e. The molecule has 5 rings (SSSR count). The van der Waals surface area contributed by atoms with Gasteiger partial charge >= 0.3 is 0 Å². The molecule has 1 unspecified atom stereocenters. The van der Waals surface area contributed by atoms with E-state index in [4.69, 9.17) is 27.9 Å². The summed E-state index contributed by atoms with van der Waals surface area (Å²) in [5, 5.41) is 11.9. The summed E-state index contributed by atoms with van der Waals surface area (Å²) in [4.78, 5) is 13.3. The number of alkyl halides is 1. The number of halogens is 3. The third-order valence-electron chi connectivity index (χ3n) is 6.31. The second kappa shape index (κ2) is 9.88. The predicted octanol–water partition coefficient (Wildman–Crippen LogP) is 6.77. The molecule has 1 heterocycles. The van der Waals surface area contributed by atoms with Crippen molar-refractivity contribution in [3.05, 3.63) is 80.5 Å². The first-order valence-corrected chi connectivity index (χ1v) is 12.3. The van der Waals surface area contributed by atoms with Crippen molar-refractivity contribution < 1.29 is 13.9 Å². The van der Waals surface area contributed by atoms with Crippen molar-refractivity contribution in [3.63, 3.8) is 0 Å². The van der Waals surface area contributed by atoms with E-state index in [1.807, 2.05) is 18.2 Å². The molecule has 2 aromatic carbocycles. The summed E-state index contributed by atoms with van der Waals surface area (Å²) in [6.45, 7) is -0.242. The van der Waals surface area contributed by atoms with Gasteiger partial charge in [-0.1, -0.05) is 41.4 Å². The number of hydrogen-bond donors (Lipinski definition) is 1. The number of nitrogens with zero attached hydrogens (tertiary/aromatic N) is 2. The molecule has 3 aromatic rings. The Morgan fingerprint density at radius 2 is 1.94 bits per heavy atom. The third-order valence-corrected chi connectivity index (χ3v) is 6.87. The highest BCUT2D eigenvalue weighted by molar-refractivity contribution is 6.35. The van der Waals surface area contributed by atoms with Crippen molar-refractivity contribution in [1.82, 2.24) is 15.5 Å². The fourth-order valence-corrected chi connectivity index (χ4v) is 4.88. The summed E-state index contributed by atoms with van der Waals surface area (Å²) >= 11 is 12.0. The molecule has 0 radical (unpaired) electrons. The van der Waals surface area contributed by atoms with E-state index < -0.39 is 12.1 Å². The lowest BCUT2D eigenvalue weighted by molar-refractivity contribution is 0.0937. The van der Waals surface area contributed by atoms with Crippen LogP contribution in [0.4, 0.5) is 4.39 Å². The standard InChI is InChI=1S/C26H24Cl2FN3O2/c27-17-10-11-19(21(28)13-17)22(29)14-30-25(33)24-20-6-1-2-7-23(20)31-32-26(24)34-18-5-3-4-16(12-18)15-8-9-15/h3-5,10-13,15,22H,1-2,6-9,14H2,(H,30,33). The van der Waals surface area contributed by atoms with Crippen LogP contribution in [0.25, 0.3) is 0 Å². The van der Waals surface area contributed by atoms with Crippen LogP contribution < -0.4 is 10.1 Å². The molecule has 176 valence electrons. The van der Waals surface area contributed by atoms with Gasteiger partial charge in [0.1, 0.15) is 17.5 Å². The van der Waals surface area contributed by atoms with E-state index in [2.05, 4.69) is 21.6 Å². The lowest BCUT2D eigenvalue weighted by Gasteiger charge is -2.20. The number of rotatable bonds is 7. The van der Waals surface area contributed by atoms with Gasteiger partial charge in [-0.25, -0.2) is 4.39 Å². The van der Waals surface area contributed by atoms with E-state index in [0.29, 0.717) is 28.7 Å². The normalized spacial score (nSPS) is 16.0. The topological polar surface area (TPSA) is 64.1 Å². The van der Waals surface area contributed by atoms with Crippen molar-refractivity contribution in [2.45, 2.75) is 50.6 Å². The van der Waals surface area contributed by atoms with Crippen molar-refractivity contribution in [2.24, 2.45) is 0 Å². The summed E-state index contributed by atoms with van der Waals surface area (Å²) in [6.07, 6.45) is 4.27. The zero-order valence-electron chi connectivity index (χ0n) is 18.5. The number of aryl methyl sites for hydroxylation is 1. The largest absolute Gasteiger partial charge is 0.437 e. The van der Waals surface area contributed by atoms with Crippen LogP contribution in [-0.4, -0.2) is 22.6 Å². The molecule has 2 aliphatic carbocycles. The molecule has 8 heteroatoms. The molecule has 1 aromatic heterocycles. The van der Waals surface area contributed by atoms with E-state index >= 15 is 0 Å². The van der Waals surface area contributed by atoms with Crippen LogP contribution in [0.2, 0.25) is 10.0 Å². The molecule has 5 nitrogen and oxygen atoms in total. The number of fused-ring (bicyclic) bond motifs is 1. The Morgan fingerprint density at radius 3 is 2.74 bits per heavy atom. The molecule has 1 saturated carbocycles. The molecule has 0 bridgehead atoms. The van der Waals surface area contributed by atoms with Crippen LogP contribution in [0.15, 0.2) is 42.5 Å². The van der Waals surface area contributed by atoms with Gasteiger partial charge in [0.05, 0.1) is 12.2 Å². The Labute approximate surface area is 207 Å². The number of aromatic nitrogens is 2. The van der Waals surface area contributed by atoms with Crippen LogP contribution in [0.5, 0.6) is 11.6 Å².